The van der Waals surface area contributed by atoms with Gasteiger partial charge in [0.05, 0.1) is 35.7 Å². The van der Waals surface area contributed by atoms with Crippen LogP contribution in [-0.2, 0) is 19.3 Å². The van der Waals surface area contributed by atoms with E-state index in [1.54, 1.807) is 42.2 Å². The van der Waals surface area contributed by atoms with Gasteiger partial charge in [-0.25, -0.2) is 9.50 Å². The summed E-state index contributed by atoms with van der Waals surface area (Å²) >= 11 is 3.42. The second kappa shape index (κ2) is 9.09. The highest BCUT2D eigenvalue weighted by Gasteiger charge is 2.36. The largest absolute Gasteiger partial charge is 0.497 e. The molecule has 0 aliphatic rings. The number of benzene rings is 1. The Bertz CT molecular complexity index is 1350. The van der Waals surface area contributed by atoms with Crippen molar-refractivity contribution in [3.8, 4) is 17.0 Å². The van der Waals surface area contributed by atoms with E-state index in [4.69, 9.17) is 4.74 Å². The number of ether oxygens (including phenoxy) is 1. The van der Waals surface area contributed by atoms with Crippen molar-refractivity contribution >= 4 is 27.5 Å². The Hall–Kier alpha value is -3.41. The molecule has 0 saturated carbocycles. The van der Waals surface area contributed by atoms with Crippen LogP contribution in [-0.4, -0.2) is 49.3 Å². The number of halogens is 4. The molecule has 4 rings (SSSR count). The quantitative estimate of drug-likeness (QED) is 0.357. The van der Waals surface area contributed by atoms with Crippen molar-refractivity contribution in [2.45, 2.75) is 26.2 Å². The van der Waals surface area contributed by atoms with Gasteiger partial charge in [-0.15, -0.1) is 0 Å². The number of aryl methyl sites for hydroxylation is 1. The number of hydrogen-bond donors (Lipinski definition) is 0. The lowest BCUT2D eigenvalue weighted by Crippen LogP contribution is -2.27. The number of carbonyl (C=O) groups is 1. The zero-order chi connectivity index (χ0) is 24.6. The molecule has 0 saturated heterocycles. The zero-order valence-corrected chi connectivity index (χ0v) is 20.1. The smallest absolute Gasteiger partial charge is 0.433 e. The third-order valence-corrected chi connectivity index (χ3v) is 5.89. The average Bonchev–Trinajstić information content (AvgIpc) is 3.40. The molecule has 4 aromatic rings. The lowest BCUT2D eigenvalue weighted by molar-refractivity contribution is -0.142. The van der Waals surface area contributed by atoms with E-state index in [0.717, 1.165) is 16.7 Å². The predicted octanol–water partition coefficient (Wildman–Crippen LogP) is 4.67. The third-order valence-electron chi connectivity index (χ3n) is 5.22. The van der Waals surface area contributed by atoms with E-state index in [2.05, 4.69) is 31.1 Å². The van der Waals surface area contributed by atoms with Crippen LogP contribution >= 0.6 is 15.9 Å². The Morgan fingerprint density at radius 1 is 1.24 bits per heavy atom. The Morgan fingerprint density at radius 3 is 2.53 bits per heavy atom. The Kier molecular flexibility index (Phi) is 6.34. The number of methoxy groups -OCH3 is 1. The summed E-state index contributed by atoms with van der Waals surface area (Å²) in [7, 11) is 3.04. The Labute approximate surface area is 201 Å². The molecular weight excluding hydrogens is 517 g/mol. The standard InChI is InChI=1S/C22H20BrF3N6O2/c1-4-31-11-16(23)18(29-31)12-30(2)21(33)15-10-27-32-19(22(24,25)26)9-17(28-20(15)32)13-5-7-14(34-3)8-6-13/h5-11H,4,12H2,1-3H3. The number of aromatic nitrogens is 5. The summed E-state index contributed by atoms with van der Waals surface area (Å²) in [6, 6.07) is 7.36. The van der Waals surface area contributed by atoms with E-state index in [-0.39, 0.29) is 23.4 Å². The van der Waals surface area contributed by atoms with Crippen molar-refractivity contribution in [3.63, 3.8) is 0 Å². The van der Waals surface area contributed by atoms with Gasteiger partial charge in [0.1, 0.15) is 11.3 Å². The number of alkyl halides is 3. The van der Waals surface area contributed by atoms with Crippen molar-refractivity contribution in [2.75, 3.05) is 14.2 Å². The molecule has 178 valence electrons. The highest BCUT2D eigenvalue weighted by atomic mass is 79.9. The van der Waals surface area contributed by atoms with Crippen molar-refractivity contribution in [1.82, 2.24) is 29.3 Å². The summed E-state index contributed by atoms with van der Waals surface area (Å²) in [5.74, 6) is 0.0276. The van der Waals surface area contributed by atoms with Crippen LogP contribution in [0.25, 0.3) is 16.9 Å². The minimum absolute atomic E-state index is 0.0468. The highest BCUT2D eigenvalue weighted by molar-refractivity contribution is 9.10. The van der Waals surface area contributed by atoms with E-state index in [1.165, 1.54) is 12.0 Å². The van der Waals surface area contributed by atoms with Gasteiger partial charge in [-0.05, 0) is 53.2 Å². The molecule has 0 bridgehead atoms. The number of fused-ring (bicyclic) bond motifs is 1. The van der Waals surface area contributed by atoms with Crippen LogP contribution in [0.15, 0.2) is 47.2 Å². The molecule has 1 aromatic carbocycles. The Morgan fingerprint density at radius 2 is 1.94 bits per heavy atom. The normalized spacial score (nSPS) is 11.7. The summed E-state index contributed by atoms with van der Waals surface area (Å²) in [4.78, 5) is 18.9. The lowest BCUT2D eigenvalue weighted by atomic mass is 10.1. The van der Waals surface area contributed by atoms with Crippen molar-refractivity contribution < 1.29 is 22.7 Å². The summed E-state index contributed by atoms with van der Waals surface area (Å²) in [6.45, 7) is 2.73. The molecule has 0 N–H and O–H groups in total. The first kappa shape index (κ1) is 23.7. The van der Waals surface area contributed by atoms with Crippen molar-refractivity contribution in [3.05, 3.63) is 64.1 Å². The number of hydrogen-bond acceptors (Lipinski definition) is 5. The van der Waals surface area contributed by atoms with Crippen LogP contribution < -0.4 is 4.74 Å². The molecule has 34 heavy (non-hydrogen) atoms. The highest BCUT2D eigenvalue weighted by Crippen LogP contribution is 2.33. The van der Waals surface area contributed by atoms with Crippen LogP contribution in [0.5, 0.6) is 5.75 Å². The number of carbonyl (C=O) groups excluding carboxylic acids is 1. The Balaban J connectivity index is 1.76. The van der Waals surface area contributed by atoms with Gasteiger partial charge in [-0.3, -0.25) is 9.48 Å². The minimum atomic E-state index is -4.71. The van der Waals surface area contributed by atoms with Gasteiger partial charge in [0, 0.05) is 25.4 Å². The summed E-state index contributed by atoms with van der Waals surface area (Å²) in [5, 5.41) is 8.22. The SMILES string of the molecule is CCn1cc(Br)c(CN(C)C(=O)c2cnn3c(C(F)(F)F)cc(-c4ccc(OC)cc4)nc23)n1. The summed E-state index contributed by atoms with van der Waals surface area (Å²) in [5.41, 5.74) is -0.142. The molecule has 0 atom stereocenters. The summed E-state index contributed by atoms with van der Waals surface area (Å²) in [6.07, 6.45) is -1.81. The van der Waals surface area contributed by atoms with Crippen LogP contribution in [0.3, 0.4) is 0 Å². The van der Waals surface area contributed by atoms with E-state index in [9.17, 15) is 18.0 Å². The average molecular weight is 537 g/mol. The van der Waals surface area contributed by atoms with Gasteiger partial charge in [0.2, 0.25) is 0 Å². The van der Waals surface area contributed by atoms with E-state index >= 15 is 0 Å². The second-order valence-corrected chi connectivity index (χ2v) is 8.34. The fraction of sp³-hybridized carbons (Fsp3) is 0.273. The van der Waals surface area contributed by atoms with Gasteiger partial charge in [0.15, 0.2) is 11.3 Å². The number of nitrogens with zero attached hydrogens (tertiary/aromatic N) is 6. The maximum Gasteiger partial charge on any atom is 0.433 e. The van der Waals surface area contributed by atoms with Gasteiger partial charge >= 0.3 is 6.18 Å². The molecule has 8 nitrogen and oxygen atoms in total. The first-order valence-electron chi connectivity index (χ1n) is 10.2. The molecular formula is C22H20BrF3N6O2. The van der Waals surface area contributed by atoms with Gasteiger partial charge in [0.25, 0.3) is 5.91 Å². The van der Waals surface area contributed by atoms with Crippen LogP contribution in [0.4, 0.5) is 13.2 Å². The van der Waals surface area contributed by atoms with Crippen LogP contribution in [0.1, 0.15) is 28.7 Å². The minimum Gasteiger partial charge on any atom is -0.497 e. The first-order valence-corrected chi connectivity index (χ1v) is 11.0. The predicted molar refractivity (Wildman–Crippen MR) is 121 cm³/mol. The van der Waals surface area contributed by atoms with Gasteiger partial charge in [-0.2, -0.15) is 23.4 Å². The molecule has 0 aliphatic heterocycles. The molecule has 12 heteroatoms. The second-order valence-electron chi connectivity index (χ2n) is 7.49. The molecule has 3 aromatic heterocycles. The molecule has 0 spiro atoms. The fourth-order valence-corrected chi connectivity index (χ4v) is 3.87. The molecule has 0 fully saturated rings. The van der Waals surface area contributed by atoms with Gasteiger partial charge < -0.3 is 9.64 Å². The maximum absolute atomic E-state index is 13.8. The topological polar surface area (TPSA) is 77.6 Å². The summed E-state index contributed by atoms with van der Waals surface area (Å²) < 4.78 is 49.7. The molecule has 0 aliphatic carbocycles. The molecule has 0 unspecified atom stereocenters. The maximum atomic E-state index is 13.8. The third kappa shape index (κ3) is 4.49. The van der Waals surface area contributed by atoms with Crippen molar-refractivity contribution in [2.24, 2.45) is 0 Å². The molecule has 1 amide bonds. The van der Waals surface area contributed by atoms with Crippen LogP contribution in [0.2, 0.25) is 0 Å². The van der Waals surface area contributed by atoms with E-state index in [1.807, 2.05) is 6.92 Å². The van der Waals surface area contributed by atoms with E-state index in [0.29, 0.717) is 28.1 Å². The first-order chi connectivity index (χ1) is 16.1. The van der Waals surface area contributed by atoms with Crippen molar-refractivity contribution in [1.29, 1.82) is 0 Å². The van der Waals surface area contributed by atoms with Crippen LogP contribution in [0, 0.1) is 0 Å². The number of rotatable bonds is 6. The lowest BCUT2D eigenvalue weighted by Gasteiger charge is -2.16. The zero-order valence-electron chi connectivity index (χ0n) is 18.5. The molecule has 3 heterocycles. The monoisotopic (exact) mass is 536 g/mol. The number of amides is 1. The van der Waals surface area contributed by atoms with E-state index < -0.39 is 17.8 Å². The fourth-order valence-electron chi connectivity index (χ4n) is 3.43. The van der Waals surface area contributed by atoms with Gasteiger partial charge in [-0.1, -0.05) is 0 Å². The molecule has 0 radical (unpaired) electrons.